The van der Waals surface area contributed by atoms with Crippen LogP contribution in [0.15, 0.2) is 18.2 Å². The number of benzene rings is 1. The van der Waals surface area contributed by atoms with Gasteiger partial charge < -0.3 is 20.1 Å². The van der Waals surface area contributed by atoms with Gasteiger partial charge in [-0.2, -0.15) is 0 Å². The number of amides is 1. The van der Waals surface area contributed by atoms with E-state index in [1.807, 2.05) is 0 Å². The minimum absolute atomic E-state index is 0.0780. The van der Waals surface area contributed by atoms with Gasteiger partial charge in [0.15, 0.2) is 6.10 Å². The predicted molar refractivity (Wildman–Crippen MR) is 78.1 cm³/mol. The number of rotatable bonds is 4. The number of anilines is 1. The number of hydrogen-bond acceptors (Lipinski definition) is 5. The standard InChI is InChI=1S/C15H20N2O4/c1-10(14(18)17-8-3-4-9-17)21-12-7-5-6-11(16)13(12)15(19)20-2/h5-7,10H,3-4,8-9,16H2,1-2H3. The maximum absolute atomic E-state index is 12.2. The molecule has 21 heavy (non-hydrogen) atoms. The van der Waals surface area contributed by atoms with E-state index in [1.54, 1.807) is 30.0 Å². The summed E-state index contributed by atoms with van der Waals surface area (Å²) >= 11 is 0. The highest BCUT2D eigenvalue weighted by molar-refractivity contribution is 5.98. The average molecular weight is 292 g/mol. The SMILES string of the molecule is COC(=O)c1c(N)cccc1OC(C)C(=O)N1CCCC1. The molecule has 1 fully saturated rings. The van der Waals surface area contributed by atoms with Gasteiger partial charge in [0.1, 0.15) is 11.3 Å². The molecule has 1 aromatic rings. The molecule has 2 rings (SSSR count). The van der Waals surface area contributed by atoms with Crippen molar-refractivity contribution in [3.05, 3.63) is 23.8 Å². The topological polar surface area (TPSA) is 81.9 Å². The Balaban J connectivity index is 2.17. The Hall–Kier alpha value is -2.24. The summed E-state index contributed by atoms with van der Waals surface area (Å²) in [5.41, 5.74) is 6.21. The lowest BCUT2D eigenvalue weighted by Gasteiger charge is -2.22. The summed E-state index contributed by atoms with van der Waals surface area (Å²) in [4.78, 5) is 25.8. The second kappa shape index (κ2) is 6.47. The summed E-state index contributed by atoms with van der Waals surface area (Å²) < 4.78 is 10.4. The van der Waals surface area contributed by atoms with Crippen molar-refractivity contribution < 1.29 is 19.1 Å². The molecule has 1 atom stereocenters. The zero-order valence-corrected chi connectivity index (χ0v) is 12.3. The third-order valence-electron chi connectivity index (χ3n) is 3.52. The van der Waals surface area contributed by atoms with Crippen molar-refractivity contribution in [2.24, 2.45) is 0 Å². The summed E-state index contributed by atoms with van der Waals surface area (Å²) in [6.45, 7) is 3.19. The number of carbonyl (C=O) groups is 2. The maximum Gasteiger partial charge on any atom is 0.343 e. The molecule has 1 heterocycles. The molecule has 0 aliphatic carbocycles. The van der Waals surface area contributed by atoms with Crippen LogP contribution in [-0.2, 0) is 9.53 Å². The van der Waals surface area contributed by atoms with Gasteiger partial charge in [0.05, 0.1) is 7.11 Å². The lowest BCUT2D eigenvalue weighted by molar-refractivity contribution is -0.136. The molecule has 1 unspecified atom stereocenters. The molecule has 2 N–H and O–H groups in total. The number of carbonyl (C=O) groups excluding carboxylic acids is 2. The molecular formula is C15H20N2O4. The van der Waals surface area contributed by atoms with Crippen LogP contribution < -0.4 is 10.5 Å². The molecule has 6 heteroatoms. The summed E-state index contributed by atoms with van der Waals surface area (Å²) in [5.74, 6) is -0.392. The Morgan fingerprint density at radius 3 is 2.57 bits per heavy atom. The average Bonchev–Trinajstić information content (AvgIpc) is 3.00. The monoisotopic (exact) mass is 292 g/mol. The Kier molecular flexibility index (Phi) is 4.67. The van der Waals surface area contributed by atoms with E-state index in [-0.39, 0.29) is 22.9 Å². The van der Waals surface area contributed by atoms with Crippen LogP contribution >= 0.6 is 0 Å². The fourth-order valence-electron chi connectivity index (χ4n) is 2.40. The molecule has 0 aromatic heterocycles. The third-order valence-corrected chi connectivity index (χ3v) is 3.52. The minimum atomic E-state index is -0.673. The fourth-order valence-corrected chi connectivity index (χ4v) is 2.40. The number of likely N-dealkylation sites (tertiary alicyclic amines) is 1. The Morgan fingerprint density at radius 1 is 1.29 bits per heavy atom. The first-order valence-electron chi connectivity index (χ1n) is 6.97. The van der Waals surface area contributed by atoms with Crippen molar-refractivity contribution in [3.8, 4) is 5.75 Å². The molecule has 114 valence electrons. The Morgan fingerprint density at radius 2 is 1.95 bits per heavy atom. The number of hydrogen-bond donors (Lipinski definition) is 1. The zero-order valence-electron chi connectivity index (χ0n) is 12.3. The highest BCUT2D eigenvalue weighted by Gasteiger charge is 2.26. The van der Waals surface area contributed by atoms with Crippen LogP contribution in [0.3, 0.4) is 0 Å². The quantitative estimate of drug-likeness (QED) is 0.671. The van der Waals surface area contributed by atoms with Crippen LogP contribution in [0.5, 0.6) is 5.75 Å². The molecule has 6 nitrogen and oxygen atoms in total. The number of ether oxygens (including phenoxy) is 2. The van der Waals surface area contributed by atoms with Gasteiger partial charge in [0.25, 0.3) is 5.91 Å². The smallest absolute Gasteiger partial charge is 0.343 e. The van der Waals surface area contributed by atoms with Crippen molar-refractivity contribution >= 4 is 17.6 Å². The fraction of sp³-hybridized carbons (Fsp3) is 0.467. The molecular weight excluding hydrogens is 272 g/mol. The molecule has 0 bridgehead atoms. The Bertz CT molecular complexity index is 538. The van der Waals surface area contributed by atoms with Crippen molar-refractivity contribution in [1.82, 2.24) is 4.90 Å². The Labute approximate surface area is 123 Å². The summed E-state index contributed by atoms with van der Waals surface area (Å²) in [5, 5.41) is 0. The first-order valence-corrected chi connectivity index (χ1v) is 6.97. The molecule has 1 aliphatic heterocycles. The van der Waals surface area contributed by atoms with Gasteiger partial charge in [-0.05, 0) is 31.9 Å². The van der Waals surface area contributed by atoms with E-state index in [0.29, 0.717) is 0 Å². The first-order chi connectivity index (χ1) is 10.0. The highest BCUT2D eigenvalue weighted by atomic mass is 16.5. The molecule has 0 spiro atoms. The molecule has 1 saturated heterocycles. The third kappa shape index (κ3) is 3.26. The van der Waals surface area contributed by atoms with E-state index in [0.717, 1.165) is 25.9 Å². The van der Waals surface area contributed by atoms with Crippen LogP contribution in [0.25, 0.3) is 0 Å². The molecule has 0 radical (unpaired) electrons. The number of esters is 1. The molecule has 0 saturated carbocycles. The van der Waals surface area contributed by atoms with Crippen LogP contribution in [0.4, 0.5) is 5.69 Å². The van der Waals surface area contributed by atoms with E-state index in [4.69, 9.17) is 15.2 Å². The first kappa shape index (κ1) is 15.2. The number of methoxy groups -OCH3 is 1. The van der Waals surface area contributed by atoms with Gasteiger partial charge in [0, 0.05) is 18.8 Å². The second-order valence-corrected chi connectivity index (χ2v) is 5.00. The van der Waals surface area contributed by atoms with Gasteiger partial charge in [0.2, 0.25) is 0 Å². The van der Waals surface area contributed by atoms with E-state index >= 15 is 0 Å². The van der Waals surface area contributed by atoms with Crippen molar-refractivity contribution in [2.45, 2.75) is 25.9 Å². The lowest BCUT2D eigenvalue weighted by Crippen LogP contribution is -2.38. The molecule has 1 aliphatic rings. The maximum atomic E-state index is 12.2. The van der Waals surface area contributed by atoms with Gasteiger partial charge in [-0.3, -0.25) is 4.79 Å². The summed E-state index contributed by atoms with van der Waals surface area (Å²) in [6.07, 6.45) is 1.36. The van der Waals surface area contributed by atoms with Crippen LogP contribution in [0, 0.1) is 0 Å². The largest absolute Gasteiger partial charge is 0.480 e. The number of nitrogens with zero attached hydrogens (tertiary/aromatic N) is 1. The van der Waals surface area contributed by atoms with E-state index in [2.05, 4.69) is 0 Å². The van der Waals surface area contributed by atoms with Gasteiger partial charge in [-0.1, -0.05) is 6.07 Å². The molecule has 1 aromatic carbocycles. The summed E-state index contributed by atoms with van der Waals surface area (Å²) in [6, 6.07) is 4.87. The second-order valence-electron chi connectivity index (χ2n) is 5.00. The zero-order chi connectivity index (χ0) is 15.4. The minimum Gasteiger partial charge on any atom is -0.480 e. The number of nitrogen functional groups attached to an aromatic ring is 1. The molecule has 1 amide bonds. The van der Waals surface area contributed by atoms with Crippen molar-refractivity contribution in [1.29, 1.82) is 0 Å². The predicted octanol–water partition coefficient (Wildman–Crippen LogP) is 1.45. The van der Waals surface area contributed by atoms with Crippen LogP contribution in [0.1, 0.15) is 30.1 Å². The van der Waals surface area contributed by atoms with E-state index < -0.39 is 12.1 Å². The van der Waals surface area contributed by atoms with E-state index in [1.165, 1.54) is 7.11 Å². The van der Waals surface area contributed by atoms with Crippen molar-refractivity contribution in [2.75, 3.05) is 25.9 Å². The van der Waals surface area contributed by atoms with Crippen LogP contribution in [-0.4, -0.2) is 43.1 Å². The van der Waals surface area contributed by atoms with Gasteiger partial charge >= 0.3 is 5.97 Å². The van der Waals surface area contributed by atoms with Gasteiger partial charge in [-0.15, -0.1) is 0 Å². The van der Waals surface area contributed by atoms with Crippen molar-refractivity contribution in [3.63, 3.8) is 0 Å². The normalized spacial score (nSPS) is 15.6. The van der Waals surface area contributed by atoms with Crippen LogP contribution in [0.2, 0.25) is 0 Å². The lowest BCUT2D eigenvalue weighted by atomic mass is 10.1. The van der Waals surface area contributed by atoms with Gasteiger partial charge in [-0.25, -0.2) is 4.79 Å². The van der Waals surface area contributed by atoms with E-state index in [9.17, 15) is 9.59 Å². The number of nitrogens with two attached hydrogens (primary N) is 1. The summed E-state index contributed by atoms with van der Waals surface area (Å²) in [7, 11) is 1.28. The highest BCUT2D eigenvalue weighted by Crippen LogP contribution is 2.26.